The maximum absolute atomic E-state index is 13.0. The molecular weight excluding hydrogens is 402 g/mol. The number of benzene rings is 3. The van der Waals surface area contributed by atoms with Gasteiger partial charge >= 0.3 is 0 Å². The average molecular weight is 425 g/mol. The highest BCUT2D eigenvalue weighted by molar-refractivity contribution is 6.05. The van der Waals surface area contributed by atoms with Crippen LogP contribution in [0.2, 0.25) is 0 Å². The Morgan fingerprint density at radius 2 is 1.75 bits per heavy atom. The van der Waals surface area contributed by atoms with Gasteiger partial charge in [-0.15, -0.1) is 0 Å². The molecule has 4 N–H and O–H groups in total. The molecule has 0 unspecified atom stereocenters. The zero-order valence-corrected chi connectivity index (χ0v) is 17.6. The molecule has 0 aliphatic rings. The van der Waals surface area contributed by atoms with E-state index >= 15 is 0 Å². The summed E-state index contributed by atoms with van der Waals surface area (Å²) >= 11 is 0. The van der Waals surface area contributed by atoms with Gasteiger partial charge in [0.25, 0.3) is 5.91 Å². The van der Waals surface area contributed by atoms with Crippen LogP contribution in [-0.4, -0.2) is 23.0 Å². The van der Waals surface area contributed by atoms with E-state index in [4.69, 9.17) is 10.5 Å². The Labute approximate surface area is 186 Å². The second kappa shape index (κ2) is 9.61. The molecule has 32 heavy (non-hydrogen) atoms. The molecular formula is C25H23N5O2. The number of para-hydroxylation sites is 1. The van der Waals surface area contributed by atoms with Crippen LogP contribution < -0.4 is 21.1 Å². The van der Waals surface area contributed by atoms with Crippen LogP contribution in [0.3, 0.4) is 0 Å². The first-order valence-corrected chi connectivity index (χ1v) is 10.1. The Morgan fingerprint density at radius 3 is 2.53 bits per heavy atom. The minimum absolute atomic E-state index is 0.275. The maximum Gasteiger partial charge on any atom is 0.259 e. The van der Waals surface area contributed by atoms with Crippen molar-refractivity contribution in [2.24, 2.45) is 0 Å². The third-order valence-electron chi connectivity index (χ3n) is 4.79. The largest absolute Gasteiger partial charge is 0.497 e. The smallest absolute Gasteiger partial charge is 0.259 e. The molecule has 0 atom stereocenters. The number of nitrogens with zero attached hydrogens (tertiary/aromatic N) is 2. The van der Waals surface area contributed by atoms with Crippen LogP contribution in [-0.2, 0) is 6.42 Å². The quantitative estimate of drug-likeness (QED) is 0.372. The molecule has 7 heteroatoms. The van der Waals surface area contributed by atoms with Gasteiger partial charge in [-0.3, -0.25) is 4.79 Å². The number of nitrogen functional groups attached to an aromatic ring is 1. The summed E-state index contributed by atoms with van der Waals surface area (Å²) in [7, 11) is 1.61. The van der Waals surface area contributed by atoms with Crippen LogP contribution in [0, 0.1) is 0 Å². The molecule has 0 saturated heterocycles. The molecule has 0 radical (unpaired) electrons. The van der Waals surface area contributed by atoms with Gasteiger partial charge in [-0.1, -0.05) is 36.4 Å². The molecule has 1 amide bonds. The van der Waals surface area contributed by atoms with E-state index in [1.165, 1.54) is 6.20 Å². The molecule has 0 spiro atoms. The van der Waals surface area contributed by atoms with E-state index in [2.05, 4.69) is 20.6 Å². The Balaban J connectivity index is 1.65. The molecule has 0 bridgehead atoms. The number of nitrogens with one attached hydrogen (secondary N) is 2. The van der Waals surface area contributed by atoms with E-state index in [1.807, 2.05) is 78.9 Å². The van der Waals surface area contributed by atoms with Crippen molar-refractivity contribution in [3.63, 3.8) is 0 Å². The van der Waals surface area contributed by atoms with Crippen LogP contribution in [0.4, 0.5) is 23.0 Å². The molecule has 1 aromatic heterocycles. The Bertz CT molecular complexity index is 1230. The number of hydrogen-bond acceptors (Lipinski definition) is 6. The van der Waals surface area contributed by atoms with E-state index in [-0.39, 0.29) is 5.91 Å². The van der Waals surface area contributed by atoms with Gasteiger partial charge in [0.05, 0.1) is 18.4 Å². The zero-order valence-electron chi connectivity index (χ0n) is 17.6. The van der Waals surface area contributed by atoms with Crippen LogP contribution in [0.15, 0.2) is 85.1 Å². The van der Waals surface area contributed by atoms with Gasteiger partial charge in [0.1, 0.15) is 5.75 Å². The number of carbonyl (C=O) groups is 1. The maximum atomic E-state index is 13.0. The summed E-state index contributed by atoms with van der Waals surface area (Å²) in [6.45, 7) is 0. The van der Waals surface area contributed by atoms with Crippen LogP contribution in [0.5, 0.6) is 5.75 Å². The molecule has 0 aliphatic carbocycles. The lowest BCUT2D eigenvalue weighted by Crippen LogP contribution is -2.17. The van der Waals surface area contributed by atoms with Gasteiger partial charge in [-0.05, 0) is 42.0 Å². The van der Waals surface area contributed by atoms with E-state index in [0.717, 1.165) is 11.3 Å². The predicted octanol–water partition coefficient (Wildman–Crippen LogP) is 4.65. The van der Waals surface area contributed by atoms with Gasteiger partial charge in [-0.25, -0.2) is 9.97 Å². The number of hydrogen-bond donors (Lipinski definition) is 3. The number of ether oxygens (including phenoxy) is 1. The first-order valence-electron chi connectivity index (χ1n) is 10.1. The van der Waals surface area contributed by atoms with Crippen molar-refractivity contribution in [2.45, 2.75) is 6.42 Å². The third-order valence-corrected chi connectivity index (χ3v) is 4.79. The van der Waals surface area contributed by atoms with Crippen molar-refractivity contribution in [3.8, 4) is 5.75 Å². The molecule has 0 fully saturated rings. The number of anilines is 4. The van der Waals surface area contributed by atoms with E-state index in [1.54, 1.807) is 7.11 Å². The van der Waals surface area contributed by atoms with E-state index in [9.17, 15) is 4.79 Å². The summed E-state index contributed by atoms with van der Waals surface area (Å²) < 4.78 is 5.27. The molecule has 1 heterocycles. The van der Waals surface area contributed by atoms with E-state index < -0.39 is 0 Å². The fourth-order valence-electron chi connectivity index (χ4n) is 3.25. The van der Waals surface area contributed by atoms with Crippen molar-refractivity contribution in [3.05, 3.63) is 102 Å². The number of nitrogens with two attached hydrogens (primary N) is 1. The summed E-state index contributed by atoms with van der Waals surface area (Å²) in [4.78, 5) is 22.0. The Hall–Kier alpha value is -4.39. The van der Waals surface area contributed by atoms with Gasteiger partial charge in [-0.2, -0.15) is 0 Å². The molecule has 4 aromatic rings. The van der Waals surface area contributed by atoms with Gasteiger partial charge in [0.2, 0.25) is 5.95 Å². The van der Waals surface area contributed by atoms with E-state index in [0.29, 0.717) is 40.8 Å². The summed E-state index contributed by atoms with van der Waals surface area (Å²) in [6, 6.07) is 24.3. The molecule has 160 valence electrons. The van der Waals surface area contributed by atoms with Crippen molar-refractivity contribution < 1.29 is 9.53 Å². The fraction of sp³-hybridized carbons (Fsp3) is 0.0800. The zero-order chi connectivity index (χ0) is 22.3. The van der Waals surface area contributed by atoms with Crippen molar-refractivity contribution in [2.75, 3.05) is 23.5 Å². The van der Waals surface area contributed by atoms with Crippen LogP contribution in [0.1, 0.15) is 21.6 Å². The number of rotatable bonds is 7. The summed E-state index contributed by atoms with van der Waals surface area (Å²) in [5.41, 5.74) is 10.0. The minimum atomic E-state index is -0.275. The number of carbonyl (C=O) groups excluding carboxylic acids is 1. The van der Waals surface area contributed by atoms with Crippen LogP contribution >= 0.6 is 0 Å². The number of methoxy groups -OCH3 is 1. The number of aromatic nitrogens is 2. The molecule has 0 saturated carbocycles. The second-order valence-corrected chi connectivity index (χ2v) is 7.15. The first kappa shape index (κ1) is 20.9. The first-order chi connectivity index (χ1) is 15.6. The minimum Gasteiger partial charge on any atom is -0.497 e. The topological polar surface area (TPSA) is 102 Å². The standard InChI is InChI=1S/C25H23N5O2/c1-32-21-12-6-11-20(15-21)29-25-27-16-22(24(31)28-19-9-3-2-4-10-19)23(30-25)14-17-7-5-8-18(26)13-17/h2-13,15-16H,14,26H2,1H3,(H,28,31)(H,27,29,30). The second-order valence-electron chi connectivity index (χ2n) is 7.15. The molecule has 0 aliphatic heterocycles. The highest BCUT2D eigenvalue weighted by Gasteiger charge is 2.16. The summed E-state index contributed by atoms with van der Waals surface area (Å²) in [5.74, 6) is 0.824. The lowest BCUT2D eigenvalue weighted by molar-refractivity contribution is 0.102. The van der Waals surface area contributed by atoms with Gasteiger partial charge in [0, 0.05) is 35.7 Å². The predicted molar refractivity (Wildman–Crippen MR) is 126 cm³/mol. The normalized spacial score (nSPS) is 10.4. The van der Waals surface area contributed by atoms with Crippen molar-refractivity contribution >= 4 is 28.9 Å². The Morgan fingerprint density at radius 1 is 0.969 bits per heavy atom. The lowest BCUT2D eigenvalue weighted by atomic mass is 10.1. The molecule has 3 aromatic carbocycles. The summed E-state index contributed by atoms with van der Waals surface area (Å²) in [5, 5.41) is 6.07. The average Bonchev–Trinajstić information content (AvgIpc) is 2.80. The van der Waals surface area contributed by atoms with Crippen LogP contribution in [0.25, 0.3) is 0 Å². The third kappa shape index (κ3) is 5.20. The summed E-state index contributed by atoms with van der Waals surface area (Å²) in [6.07, 6.45) is 1.97. The van der Waals surface area contributed by atoms with Gasteiger partial charge < -0.3 is 21.1 Å². The highest BCUT2D eigenvalue weighted by Crippen LogP contribution is 2.22. The Kier molecular flexibility index (Phi) is 6.27. The lowest BCUT2D eigenvalue weighted by Gasteiger charge is -2.13. The highest BCUT2D eigenvalue weighted by atomic mass is 16.5. The van der Waals surface area contributed by atoms with Crippen molar-refractivity contribution in [1.29, 1.82) is 0 Å². The fourth-order valence-corrected chi connectivity index (χ4v) is 3.25. The monoisotopic (exact) mass is 425 g/mol. The SMILES string of the molecule is COc1cccc(Nc2ncc(C(=O)Nc3ccccc3)c(Cc3cccc(N)c3)n2)c1. The van der Waals surface area contributed by atoms with Crippen molar-refractivity contribution in [1.82, 2.24) is 9.97 Å². The molecule has 4 rings (SSSR count). The molecule has 7 nitrogen and oxygen atoms in total. The number of amides is 1. The van der Waals surface area contributed by atoms with Gasteiger partial charge in [0.15, 0.2) is 0 Å².